The number of aliphatic hydroxyl groups excluding tert-OH is 1. The van der Waals surface area contributed by atoms with Gasteiger partial charge in [-0.15, -0.1) is 0 Å². The Bertz CT molecular complexity index is 595. The van der Waals surface area contributed by atoms with E-state index in [1.165, 1.54) is 0 Å². The van der Waals surface area contributed by atoms with Crippen LogP contribution in [-0.4, -0.2) is 43.5 Å². The molecule has 2 aromatic heterocycles. The van der Waals surface area contributed by atoms with Gasteiger partial charge in [0.2, 0.25) is 0 Å². The summed E-state index contributed by atoms with van der Waals surface area (Å²) in [7, 11) is 1.78. The summed E-state index contributed by atoms with van der Waals surface area (Å²) in [4.78, 5) is 18.4. The molecule has 0 saturated carbocycles. The molecule has 2 amide bonds. The van der Waals surface area contributed by atoms with Crippen LogP contribution in [0.4, 0.5) is 10.5 Å². The summed E-state index contributed by atoms with van der Waals surface area (Å²) in [6, 6.07) is 5.01. The number of aromatic nitrogens is 3. The van der Waals surface area contributed by atoms with E-state index in [2.05, 4.69) is 15.4 Å². The molecular formula is C15H21N5O2. The van der Waals surface area contributed by atoms with Crippen LogP contribution in [-0.2, 0) is 13.6 Å². The van der Waals surface area contributed by atoms with Crippen LogP contribution in [0.2, 0.25) is 0 Å². The monoisotopic (exact) mass is 303 g/mol. The van der Waals surface area contributed by atoms with E-state index in [1.807, 2.05) is 25.1 Å². The molecule has 0 aromatic carbocycles. The van der Waals surface area contributed by atoms with Crippen molar-refractivity contribution in [3.8, 4) is 0 Å². The highest BCUT2D eigenvalue weighted by atomic mass is 16.3. The molecule has 0 bridgehead atoms. The number of amides is 2. The Hall–Kier alpha value is -2.41. The van der Waals surface area contributed by atoms with Crippen molar-refractivity contribution >= 4 is 11.7 Å². The van der Waals surface area contributed by atoms with E-state index in [4.69, 9.17) is 0 Å². The van der Waals surface area contributed by atoms with Crippen molar-refractivity contribution in [2.24, 2.45) is 7.05 Å². The summed E-state index contributed by atoms with van der Waals surface area (Å²) in [6.45, 7) is 2.18. The third-order valence-corrected chi connectivity index (χ3v) is 3.40. The summed E-state index contributed by atoms with van der Waals surface area (Å²) < 4.78 is 1.61. The lowest BCUT2D eigenvalue weighted by Crippen LogP contribution is -2.44. The predicted molar refractivity (Wildman–Crippen MR) is 83.2 cm³/mol. The Morgan fingerprint density at radius 1 is 1.50 bits per heavy atom. The Morgan fingerprint density at radius 3 is 2.86 bits per heavy atom. The molecule has 0 saturated heterocycles. The Kier molecular flexibility index (Phi) is 5.48. The van der Waals surface area contributed by atoms with Crippen LogP contribution in [0.3, 0.4) is 0 Å². The highest BCUT2D eigenvalue weighted by Gasteiger charge is 2.23. The summed E-state index contributed by atoms with van der Waals surface area (Å²) in [6.07, 6.45) is 5.64. The zero-order valence-electron chi connectivity index (χ0n) is 12.8. The van der Waals surface area contributed by atoms with Gasteiger partial charge in [0.15, 0.2) is 0 Å². The van der Waals surface area contributed by atoms with Gasteiger partial charge in [0.1, 0.15) is 0 Å². The molecule has 1 unspecified atom stereocenters. The van der Waals surface area contributed by atoms with Gasteiger partial charge in [-0.3, -0.25) is 9.67 Å². The first-order valence-electron chi connectivity index (χ1n) is 7.21. The minimum Gasteiger partial charge on any atom is -0.394 e. The van der Waals surface area contributed by atoms with E-state index in [0.29, 0.717) is 18.7 Å². The van der Waals surface area contributed by atoms with E-state index in [1.54, 1.807) is 35.2 Å². The van der Waals surface area contributed by atoms with Crippen molar-refractivity contribution in [2.75, 3.05) is 11.9 Å². The van der Waals surface area contributed by atoms with Crippen LogP contribution in [0.1, 0.15) is 19.0 Å². The molecule has 0 aliphatic heterocycles. The summed E-state index contributed by atoms with van der Waals surface area (Å²) in [5, 5.41) is 16.4. The molecule has 118 valence electrons. The maximum atomic E-state index is 12.5. The number of aliphatic hydroxyl groups is 1. The maximum Gasteiger partial charge on any atom is 0.322 e. The molecule has 0 radical (unpaired) electrons. The zero-order valence-corrected chi connectivity index (χ0v) is 12.8. The van der Waals surface area contributed by atoms with Gasteiger partial charge in [-0.25, -0.2) is 4.79 Å². The molecule has 7 nitrogen and oxygen atoms in total. The molecule has 7 heteroatoms. The molecule has 2 heterocycles. The lowest BCUT2D eigenvalue weighted by Gasteiger charge is -2.29. The summed E-state index contributed by atoms with van der Waals surface area (Å²) in [5.74, 6) is 0. The second-order valence-electron chi connectivity index (χ2n) is 5.03. The Labute approximate surface area is 129 Å². The van der Waals surface area contributed by atoms with Gasteiger partial charge in [-0.1, -0.05) is 13.0 Å². The van der Waals surface area contributed by atoms with Crippen LogP contribution in [0.5, 0.6) is 0 Å². The van der Waals surface area contributed by atoms with Gasteiger partial charge < -0.3 is 15.3 Å². The van der Waals surface area contributed by atoms with Gasteiger partial charge >= 0.3 is 6.03 Å². The fourth-order valence-electron chi connectivity index (χ4n) is 2.16. The van der Waals surface area contributed by atoms with Crippen LogP contribution in [0, 0.1) is 0 Å². The number of rotatable bonds is 6. The number of hydrogen-bond acceptors (Lipinski definition) is 4. The molecule has 2 N–H and O–H groups in total. The molecule has 0 aliphatic carbocycles. The van der Waals surface area contributed by atoms with Crippen LogP contribution in [0.15, 0.2) is 36.8 Å². The number of carbonyl (C=O) groups is 1. The van der Waals surface area contributed by atoms with E-state index < -0.39 is 0 Å². The van der Waals surface area contributed by atoms with Gasteiger partial charge in [-0.2, -0.15) is 5.10 Å². The van der Waals surface area contributed by atoms with Crippen molar-refractivity contribution in [3.05, 3.63) is 42.5 Å². The fourth-order valence-corrected chi connectivity index (χ4v) is 2.16. The average Bonchev–Trinajstić information content (AvgIpc) is 2.93. The normalized spacial score (nSPS) is 12.0. The lowest BCUT2D eigenvalue weighted by molar-refractivity contribution is 0.133. The smallest absolute Gasteiger partial charge is 0.322 e. The third-order valence-electron chi connectivity index (χ3n) is 3.40. The number of pyridine rings is 1. The predicted octanol–water partition coefficient (Wildman–Crippen LogP) is 1.62. The molecular weight excluding hydrogens is 282 g/mol. The van der Waals surface area contributed by atoms with Crippen LogP contribution in [0.25, 0.3) is 0 Å². The Morgan fingerprint density at radius 2 is 2.32 bits per heavy atom. The standard InChI is InChI=1S/C15H21N5O2/c1-3-14(11-21)20(10-12-6-4-5-7-16-12)15(22)18-13-8-17-19(2)9-13/h4-9,14,21H,3,10-11H2,1-2H3,(H,18,22). The zero-order chi connectivity index (χ0) is 15.9. The van der Waals surface area contributed by atoms with Crippen LogP contribution < -0.4 is 5.32 Å². The SMILES string of the molecule is CCC(CO)N(Cc1ccccn1)C(=O)Nc1cnn(C)c1. The largest absolute Gasteiger partial charge is 0.394 e. The van der Waals surface area contributed by atoms with Gasteiger partial charge in [0.25, 0.3) is 0 Å². The minimum absolute atomic E-state index is 0.0935. The van der Waals surface area contributed by atoms with Crippen molar-refractivity contribution in [3.63, 3.8) is 0 Å². The molecule has 0 spiro atoms. The molecule has 0 aliphatic rings. The van der Waals surface area contributed by atoms with Gasteiger partial charge in [0, 0.05) is 19.4 Å². The number of aryl methyl sites for hydroxylation is 1. The topological polar surface area (TPSA) is 83.3 Å². The van der Waals surface area contributed by atoms with E-state index in [0.717, 1.165) is 5.69 Å². The quantitative estimate of drug-likeness (QED) is 0.849. The first-order valence-corrected chi connectivity index (χ1v) is 7.21. The second kappa shape index (κ2) is 7.56. The third kappa shape index (κ3) is 4.05. The average molecular weight is 303 g/mol. The number of nitrogens with zero attached hydrogens (tertiary/aromatic N) is 4. The summed E-state index contributed by atoms with van der Waals surface area (Å²) in [5.41, 5.74) is 1.39. The number of carbonyl (C=O) groups excluding carboxylic acids is 1. The van der Waals surface area contributed by atoms with Gasteiger partial charge in [-0.05, 0) is 18.6 Å². The van der Waals surface area contributed by atoms with Crippen molar-refractivity contribution in [1.29, 1.82) is 0 Å². The highest BCUT2D eigenvalue weighted by molar-refractivity contribution is 5.89. The number of urea groups is 1. The van der Waals surface area contributed by atoms with Gasteiger partial charge in [0.05, 0.1) is 36.8 Å². The molecule has 1 atom stereocenters. The Balaban J connectivity index is 2.14. The van der Waals surface area contributed by atoms with E-state index in [-0.39, 0.29) is 18.7 Å². The van der Waals surface area contributed by atoms with Crippen LogP contribution >= 0.6 is 0 Å². The van der Waals surface area contributed by atoms with Crippen molar-refractivity contribution in [2.45, 2.75) is 25.9 Å². The number of nitrogens with one attached hydrogen (secondary N) is 1. The number of anilines is 1. The maximum absolute atomic E-state index is 12.5. The van der Waals surface area contributed by atoms with Crippen molar-refractivity contribution in [1.82, 2.24) is 19.7 Å². The molecule has 0 fully saturated rings. The first kappa shape index (κ1) is 16.0. The second-order valence-corrected chi connectivity index (χ2v) is 5.03. The van der Waals surface area contributed by atoms with Crippen molar-refractivity contribution < 1.29 is 9.90 Å². The molecule has 22 heavy (non-hydrogen) atoms. The minimum atomic E-state index is -0.278. The summed E-state index contributed by atoms with van der Waals surface area (Å²) >= 11 is 0. The van der Waals surface area contributed by atoms with E-state index in [9.17, 15) is 9.90 Å². The lowest BCUT2D eigenvalue weighted by atomic mass is 10.2. The first-order chi connectivity index (χ1) is 10.6. The highest BCUT2D eigenvalue weighted by Crippen LogP contribution is 2.13. The van der Waals surface area contributed by atoms with E-state index >= 15 is 0 Å². The number of hydrogen-bond donors (Lipinski definition) is 2. The fraction of sp³-hybridized carbons (Fsp3) is 0.400. The molecule has 2 aromatic rings. The molecule has 2 rings (SSSR count).